The van der Waals surface area contributed by atoms with Gasteiger partial charge < -0.3 is 14.8 Å². The maximum absolute atomic E-state index is 12.3. The van der Waals surface area contributed by atoms with Crippen molar-refractivity contribution in [1.29, 1.82) is 5.26 Å². The molecule has 5 heteroatoms. The number of nitrogens with one attached hydrogen (secondary N) is 1. The summed E-state index contributed by atoms with van der Waals surface area (Å²) in [7, 11) is 0. The van der Waals surface area contributed by atoms with Gasteiger partial charge in [0, 0.05) is 11.8 Å². The highest BCUT2D eigenvalue weighted by atomic mass is 16.6. The Morgan fingerprint density at radius 3 is 2.71 bits per heavy atom. The Morgan fingerprint density at radius 1 is 1.17 bits per heavy atom. The smallest absolute Gasteiger partial charge is 0.266 e. The van der Waals surface area contributed by atoms with Gasteiger partial charge in [-0.25, -0.2) is 0 Å². The van der Waals surface area contributed by atoms with E-state index in [4.69, 9.17) is 9.47 Å². The summed E-state index contributed by atoms with van der Waals surface area (Å²) in [5.74, 6) is 0.769. The highest BCUT2D eigenvalue weighted by Gasteiger charge is 2.14. The summed E-state index contributed by atoms with van der Waals surface area (Å²) in [5.41, 5.74) is 2.46. The molecule has 3 rings (SSSR count). The molecule has 5 nitrogen and oxygen atoms in total. The molecule has 2 aromatic carbocycles. The molecule has 1 aliphatic rings. The van der Waals surface area contributed by atoms with Crippen LogP contribution in [-0.4, -0.2) is 19.1 Å². The Kier molecular flexibility index (Phi) is 4.48. The van der Waals surface area contributed by atoms with E-state index in [2.05, 4.69) is 5.32 Å². The van der Waals surface area contributed by atoms with E-state index in [9.17, 15) is 10.1 Å². The monoisotopic (exact) mass is 320 g/mol. The fourth-order valence-corrected chi connectivity index (χ4v) is 2.39. The van der Waals surface area contributed by atoms with Crippen LogP contribution in [0.15, 0.2) is 48.0 Å². The molecule has 0 fully saturated rings. The van der Waals surface area contributed by atoms with Crippen molar-refractivity contribution in [2.24, 2.45) is 0 Å². The average molecular weight is 320 g/mol. The first-order valence-electron chi connectivity index (χ1n) is 7.55. The number of nitrogens with zero attached hydrogens (tertiary/aromatic N) is 1. The van der Waals surface area contributed by atoms with Crippen LogP contribution in [0, 0.1) is 18.3 Å². The van der Waals surface area contributed by atoms with E-state index in [-0.39, 0.29) is 5.57 Å². The Hall–Kier alpha value is -3.26. The van der Waals surface area contributed by atoms with Gasteiger partial charge in [-0.15, -0.1) is 0 Å². The van der Waals surface area contributed by atoms with Crippen molar-refractivity contribution in [3.05, 3.63) is 59.2 Å². The van der Waals surface area contributed by atoms with Crippen LogP contribution >= 0.6 is 0 Å². The average Bonchev–Trinajstić information content (AvgIpc) is 2.59. The second kappa shape index (κ2) is 6.88. The number of amides is 1. The summed E-state index contributed by atoms with van der Waals surface area (Å²) in [6.45, 7) is 2.94. The van der Waals surface area contributed by atoms with Gasteiger partial charge in [-0.05, 0) is 30.7 Å². The quantitative estimate of drug-likeness (QED) is 0.695. The first kappa shape index (κ1) is 15.6. The van der Waals surface area contributed by atoms with Crippen molar-refractivity contribution in [2.75, 3.05) is 18.5 Å². The van der Waals surface area contributed by atoms with Crippen molar-refractivity contribution < 1.29 is 14.3 Å². The highest BCUT2D eigenvalue weighted by molar-refractivity contribution is 6.09. The third-order valence-electron chi connectivity index (χ3n) is 3.52. The number of ether oxygens (including phenoxy) is 2. The fraction of sp³-hybridized carbons (Fsp3) is 0.158. The lowest BCUT2D eigenvalue weighted by Crippen LogP contribution is -2.17. The van der Waals surface area contributed by atoms with Gasteiger partial charge in [0.1, 0.15) is 24.9 Å². The lowest BCUT2D eigenvalue weighted by Gasteiger charge is -2.18. The number of anilines is 1. The van der Waals surface area contributed by atoms with E-state index in [0.717, 1.165) is 11.1 Å². The van der Waals surface area contributed by atoms with Crippen molar-refractivity contribution in [2.45, 2.75) is 6.92 Å². The predicted octanol–water partition coefficient (Wildman–Crippen LogP) is 3.31. The second-order valence-electron chi connectivity index (χ2n) is 5.40. The number of hydrogen-bond donors (Lipinski definition) is 1. The Morgan fingerprint density at radius 2 is 1.96 bits per heavy atom. The molecule has 0 bridgehead atoms. The standard InChI is InChI=1S/C19H16N2O3/c1-13-3-2-4-14(9-13)10-15(12-20)19(22)21-16-5-6-17-18(11-16)24-8-7-23-17/h2-6,9-11H,7-8H2,1H3,(H,21,22)/b15-10-. The van der Waals surface area contributed by atoms with Gasteiger partial charge in [-0.3, -0.25) is 4.79 Å². The first-order chi connectivity index (χ1) is 11.7. The zero-order valence-corrected chi connectivity index (χ0v) is 13.2. The molecule has 0 radical (unpaired) electrons. The lowest BCUT2D eigenvalue weighted by molar-refractivity contribution is -0.112. The predicted molar refractivity (Wildman–Crippen MR) is 90.8 cm³/mol. The van der Waals surface area contributed by atoms with Crippen LogP contribution in [0.1, 0.15) is 11.1 Å². The van der Waals surface area contributed by atoms with Crippen LogP contribution in [-0.2, 0) is 4.79 Å². The van der Waals surface area contributed by atoms with E-state index < -0.39 is 5.91 Å². The van der Waals surface area contributed by atoms with E-state index >= 15 is 0 Å². The molecule has 0 unspecified atom stereocenters. The Labute approximate surface area is 140 Å². The summed E-state index contributed by atoms with van der Waals surface area (Å²) in [5, 5.41) is 12.0. The molecule has 1 N–H and O–H groups in total. The van der Waals surface area contributed by atoms with Crippen LogP contribution < -0.4 is 14.8 Å². The molecule has 0 spiro atoms. The summed E-state index contributed by atoms with van der Waals surface area (Å²) in [4.78, 5) is 12.3. The van der Waals surface area contributed by atoms with Crippen LogP contribution in [0.4, 0.5) is 5.69 Å². The molecule has 2 aromatic rings. The summed E-state index contributed by atoms with van der Waals surface area (Å²) < 4.78 is 10.9. The summed E-state index contributed by atoms with van der Waals surface area (Å²) in [6, 6.07) is 14.7. The minimum atomic E-state index is -0.462. The van der Waals surface area contributed by atoms with Gasteiger partial charge in [-0.1, -0.05) is 29.8 Å². The number of fused-ring (bicyclic) bond motifs is 1. The number of carbonyl (C=O) groups excluding carboxylic acids is 1. The summed E-state index contributed by atoms with van der Waals surface area (Å²) >= 11 is 0. The van der Waals surface area contributed by atoms with Gasteiger partial charge in [0.25, 0.3) is 5.91 Å². The van der Waals surface area contributed by atoms with Crippen LogP contribution in [0.25, 0.3) is 6.08 Å². The topological polar surface area (TPSA) is 71.4 Å². The highest BCUT2D eigenvalue weighted by Crippen LogP contribution is 2.32. The Balaban J connectivity index is 1.79. The third-order valence-corrected chi connectivity index (χ3v) is 3.52. The van der Waals surface area contributed by atoms with E-state index in [1.807, 2.05) is 37.3 Å². The van der Waals surface area contributed by atoms with E-state index in [1.54, 1.807) is 24.3 Å². The third kappa shape index (κ3) is 3.55. The second-order valence-corrected chi connectivity index (χ2v) is 5.40. The number of hydrogen-bond acceptors (Lipinski definition) is 4. The number of rotatable bonds is 3. The molecule has 0 saturated heterocycles. The zero-order valence-electron chi connectivity index (χ0n) is 13.2. The maximum Gasteiger partial charge on any atom is 0.266 e. The number of carbonyl (C=O) groups is 1. The van der Waals surface area contributed by atoms with E-state index in [1.165, 1.54) is 0 Å². The van der Waals surface area contributed by atoms with Gasteiger partial charge in [0.05, 0.1) is 0 Å². The normalized spacial score (nSPS) is 13.1. The Bertz CT molecular complexity index is 850. The van der Waals surface area contributed by atoms with Crippen LogP contribution in [0.2, 0.25) is 0 Å². The first-order valence-corrected chi connectivity index (χ1v) is 7.55. The van der Waals surface area contributed by atoms with Crippen molar-refractivity contribution in [3.8, 4) is 17.6 Å². The minimum Gasteiger partial charge on any atom is -0.486 e. The molecule has 1 aliphatic heterocycles. The molecule has 0 aliphatic carbocycles. The molecule has 1 amide bonds. The molecular formula is C19H16N2O3. The molecule has 120 valence electrons. The molecule has 24 heavy (non-hydrogen) atoms. The van der Waals surface area contributed by atoms with Crippen molar-refractivity contribution >= 4 is 17.7 Å². The minimum absolute atomic E-state index is 0.0375. The molecular weight excluding hydrogens is 304 g/mol. The van der Waals surface area contributed by atoms with Gasteiger partial charge in [0.15, 0.2) is 11.5 Å². The van der Waals surface area contributed by atoms with Crippen molar-refractivity contribution in [3.63, 3.8) is 0 Å². The number of nitriles is 1. The molecule has 0 atom stereocenters. The largest absolute Gasteiger partial charge is 0.486 e. The number of benzene rings is 2. The van der Waals surface area contributed by atoms with Crippen LogP contribution in [0.5, 0.6) is 11.5 Å². The van der Waals surface area contributed by atoms with Gasteiger partial charge in [-0.2, -0.15) is 5.26 Å². The van der Waals surface area contributed by atoms with Crippen molar-refractivity contribution in [1.82, 2.24) is 0 Å². The van der Waals surface area contributed by atoms with Gasteiger partial charge >= 0.3 is 0 Å². The summed E-state index contributed by atoms with van der Waals surface area (Å²) in [6.07, 6.45) is 1.57. The molecule has 1 heterocycles. The molecule has 0 saturated carbocycles. The maximum atomic E-state index is 12.3. The van der Waals surface area contributed by atoms with Gasteiger partial charge in [0.2, 0.25) is 0 Å². The number of aryl methyl sites for hydroxylation is 1. The van der Waals surface area contributed by atoms with E-state index in [0.29, 0.717) is 30.4 Å². The molecule has 0 aromatic heterocycles. The van der Waals surface area contributed by atoms with Crippen LogP contribution in [0.3, 0.4) is 0 Å². The lowest BCUT2D eigenvalue weighted by atomic mass is 10.1. The fourth-order valence-electron chi connectivity index (χ4n) is 2.39. The SMILES string of the molecule is Cc1cccc(/C=C(/C#N)C(=O)Nc2ccc3c(c2)OCCO3)c1. The zero-order chi connectivity index (χ0) is 16.9.